The summed E-state index contributed by atoms with van der Waals surface area (Å²) in [6, 6.07) is 8.12. The van der Waals surface area contributed by atoms with Crippen LogP contribution in [0.3, 0.4) is 0 Å². The summed E-state index contributed by atoms with van der Waals surface area (Å²) in [7, 11) is 1.41. The predicted molar refractivity (Wildman–Crippen MR) is 75.2 cm³/mol. The topological polar surface area (TPSA) is 77.8 Å². The van der Waals surface area contributed by atoms with E-state index in [4.69, 9.17) is 0 Å². The number of aliphatic hydroxyl groups excluding tert-OH is 1. The van der Waals surface area contributed by atoms with Gasteiger partial charge in [0.15, 0.2) is 0 Å². The molecule has 1 aromatic carbocycles. The first kappa shape index (κ1) is 16.2. The first-order chi connectivity index (χ1) is 9.34. The van der Waals surface area contributed by atoms with Gasteiger partial charge in [-0.25, -0.2) is 4.79 Å². The molecule has 0 fully saturated rings. The fraction of sp³-hybridized carbons (Fsp3) is 0.467. The molecule has 0 aliphatic heterocycles. The number of aliphatic carboxylic acids is 1. The normalized spacial score (nSPS) is 13.8. The average Bonchev–Trinajstić information content (AvgIpc) is 2.43. The maximum absolute atomic E-state index is 12.0. The number of carboxylic acids is 1. The second kappa shape index (κ2) is 7.05. The third-order valence-electron chi connectivity index (χ3n) is 3.26. The van der Waals surface area contributed by atoms with Crippen molar-refractivity contribution in [2.45, 2.75) is 32.4 Å². The molecule has 0 heterocycles. The number of likely N-dealkylation sites (N-methyl/N-ethyl adjacent to an activating group) is 1. The van der Waals surface area contributed by atoms with Gasteiger partial charge < -0.3 is 15.1 Å². The first-order valence-electron chi connectivity index (χ1n) is 6.56. The van der Waals surface area contributed by atoms with Gasteiger partial charge in [-0.05, 0) is 11.5 Å². The number of amides is 1. The zero-order valence-corrected chi connectivity index (χ0v) is 12.0. The van der Waals surface area contributed by atoms with Crippen molar-refractivity contribution in [1.82, 2.24) is 4.90 Å². The van der Waals surface area contributed by atoms with Gasteiger partial charge in [-0.2, -0.15) is 0 Å². The van der Waals surface area contributed by atoms with E-state index in [1.54, 1.807) is 13.8 Å². The SMILES string of the molecule is CC(C)[C@H](O)C(=O)N(C)[C@@H](Cc1ccccc1)C(=O)O. The molecule has 1 aromatic rings. The van der Waals surface area contributed by atoms with E-state index in [1.807, 2.05) is 30.3 Å². The fourth-order valence-corrected chi connectivity index (χ4v) is 1.87. The molecule has 0 unspecified atom stereocenters. The van der Waals surface area contributed by atoms with E-state index in [9.17, 15) is 19.8 Å². The number of aliphatic hydroxyl groups is 1. The minimum Gasteiger partial charge on any atom is -0.480 e. The molecule has 1 amide bonds. The predicted octanol–water partition coefficient (Wildman–Crippen LogP) is 1.16. The summed E-state index contributed by atoms with van der Waals surface area (Å²) in [5.74, 6) is -1.90. The van der Waals surface area contributed by atoms with Crippen molar-refractivity contribution >= 4 is 11.9 Å². The first-order valence-corrected chi connectivity index (χ1v) is 6.56. The lowest BCUT2D eigenvalue weighted by Gasteiger charge is -2.28. The average molecular weight is 279 g/mol. The number of nitrogens with zero attached hydrogens (tertiary/aromatic N) is 1. The number of carbonyl (C=O) groups excluding carboxylic acids is 1. The van der Waals surface area contributed by atoms with Gasteiger partial charge in [0.25, 0.3) is 5.91 Å². The van der Waals surface area contributed by atoms with E-state index in [1.165, 1.54) is 7.05 Å². The van der Waals surface area contributed by atoms with E-state index >= 15 is 0 Å². The highest BCUT2D eigenvalue weighted by atomic mass is 16.4. The highest BCUT2D eigenvalue weighted by Gasteiger charge is 2.31. The maximum Gasteiger partial charge on any atom is 0.326 e. The van der Waals surface area contributed by atoms with Crippen LogP contribution < -0.4 is 0 Å². The summed E-state index contributed by atoms with van der Waals surface area (Å²) in [6.07, 6.45) is -0.971. The molecule has 5 heteroatoms. The van der Waals surface area contributed by atoms with Crippen LogP contribution in [0.2, 0.25) is 0 Å². The largest absolute Gasteiger partial charge is 0.480 e. The van der Waals surface area contributed by atoms with E-state index in [0.29, 0.717) is 0 Å². The van der Waals surface area contributed by atoms with E-state index < -0.39 is 24.0 Å². The summed E-state index contributed by atoms with van der Waals surface area (Å²) in [6.45, 7) is 3.42. The van der Waals surface area contributed by atoms with Gasteiger partial charge in [-0.1, -0.05) is 44.2 Å². The quantitative estimate of drug-likeness (QED) is 0.819. The Hall–Kier alpha value is -1.88. The molecule has 20 heavy (non-hydrogen) atoms. The minimum atomic E-state index is -1.18. The molecular weight excluding hydrogens is 258 g/mol. The molecule has 0 aliphatic rings. The second-order valence-corrected chi connectivity index (χ2v) is 5.18. The van der Waals surface area contributed by atoms with Crippen LogP contribution in [0, 0.1) is 5.92 Å². The Morgan fingerprint density at radius 1 is 1.20 bits per heavy atom. The third-order valence-corrected chi connectivity index (χ3v) is 3.26. The number of carboxylic acid groups (broad SMARTS) is 1. The molecule has 0 saturated heterocycles. The van der Waals surface area contributed by atoms with Crippen LogP contribution in [0.5, 0.6) is 0 Å². The van der Waals surface area contributed by atoms with Crippen molar-refractivity contribution < 1.29 is 19.8 Å². The number of benzene rings is 1. The van der Waals surface area contributed by atoms with Gasteiger partial charge in [0, 0.05) is 13.5 Å². The zero-order valence-electron chi connectivity index (χ0n) is 12.0. The van der Waals surface area contributed by atoms with Crippen LogP contribution in [-0.4, -0.2) is 46.2 Å². The monoisotopic (exact) mass is 279 g/mol. The van der Waals surface area contributed by atoms with Gasteiger partial charge >= 0.3 is 5.97 Å². The van der Waals surface area contributed by atoms with Crippen LogP contribution in [-0.2, 0) is 16.0 Å². The summed E-state index contributed by atoms with van der Waals surface area (Å²) >= 11 is 0. The lowest BCUT2D eigenvalue weighted by molar-refractivity contribution is -0.153. The summed E-state index contributed by atoms with van der Waals surface area (Å²) in [4.78, 5) is 24.5. The summed E-state index contributed by atoms with van der Waals surface area (Å²) in [5.41, 5.74) is 0.832. The molecule has 0 spiro atoms. The van der Waals surface area contributed by atoms with Crippen LogP contribution >= 0.6 is 0 Å². The number of hydrogen-bond acceptors (Lipinski definition) is 3. The molecule has 110 valence electrons. The van der Waals surface area contributed by atoms with Gasteiger partial charge in [-0.15, -0.1) is 0 Å². The van der Waals surface area contributed by atoms with Gasteiger partial charge in [0.2, 0.25) is 0 Å². The Bertz CT molecular complexity index is 458. The Kier molecular flexibility index (Phi) is 5.70. The van der Waals surface area contributed by atoms with Crippen molar-refractivity contribution in [2.75, 3.05) is 7.05 Å². The lowest BCUT2D eigenvalue weighted by Crippen LogP contribution is -2.49. The highest BCUT2D eigenvalue weighted by molar-refractivity contribution is 5.86. The minimum absolute atomic E-state index is 0.212. The lowest BCUT2D eigenvalue weighted by atomic mass is 10.0. The van der Waals surface area contributed by atoms with Gasteiger partial charge in [0.05, 0.1) is 0 Å². The number of rotatable bonds is 6. The van der Waals surface area contributed by atoms with Crippen molar-refractivity contribution in [2.24, 2.45) is 5.92 Å². The van der Waals surface area contributed by atoms with Crippen LogP contribution in [0.1, 0.15) is 19.4 Å². The standard InChI is InChI=1S/C15H21NO4/c1-10(2)13(17)14(18)16(3)12(15(19)20)9-11-7-5-4-6-8-11/h4-8,10,12-13,17H,9H2,1-3H3,(H,19,20)/t12-,13-/m0/s1. The molecular formula is C15H21NO4. The van der Waals surface area contributed by atoms with Gasteiger partial charge in [0.1, 0.15) is 12.1 Å². The van der Waals surface area contributed by atoms with Crippen molar-refractivity contribution in [1.29, 1.82) is 0 Å². The summed E-state index contributed by atoms with van der Waals surface area (Å²) in [5, 5.41) is 19.1. The Balaban J connectivity index is 2.86. The Morgan fingerprint density at radius 2 is 1.75 bits per heavy atom. The molecule has 0 saturated carbocycles. The van der Waals surface area contributed by atoms with E-state index in [0.717, 1.165) is 10.5 Å². The summed E-state index contributed by atoms with van der Waals surface area (Å²) < 4.78 is 0. The molecule has 2 atom stereocenters. The Morgan fingerprint density at radius 3 is 2.20 bits per heavy atom. The van der Waals surface area contributed by atoms with Crippen LogP contribution in [0.25, 0.3) is 0 Å². The van der Waals surface area contributed by atoms with Crippen molar-refractivity contribution in [3.05, 3.63) is 35.9 Å². The molecule has 0 aromatic heterocycles. The molecule has 0 radical (unpaired) electrons. The van der Waals surface area contributed by atoms with Crippen LogP contribution in [0.15, 0.2) is 30.3 Å². The molecule has 1 rings (SSSR count). The van der Waals surface area contributed by atoms with Crippen molar-refractivity contribution in [3.63, 3.8) is 0 Å². The molecule has 2 N–H and O–H groups in total. The number of hydrogen-bond donors (Lipinski definition) is 2. The maximum atomic E-state index is 12.0. The van der Waals surface area contributed by atoms with Crippen molar-refractivity contribution in [3.8, 4) is 0 Å². The Labute approximate surface area is 118 Å². The third kappa shape index (κ3) is 4.06. The molecule has 0 aliphatic carbocycles. The molecule has 0 bridgehead atoms. The number of carbonyl (C=O) groups is 2. The van der Waals surface area contributed by atoms with Gasteiger partial charge in [-0.3, -0.25) is 4.79 Å². The second-order valence-electron chi connectivity index (χ2n) is 5.18. The smallest absolute Gasteiger partial charge is 0.326 e. The zero-order chi connectivity index (χ0) is 15.3. The fourth-order valence-electron chi connectivity index (χ4n) is 1.87. The van der Waals surface area contributed by atoms with E-state index in [-0.39, 0.29) is 12.3 Å². The van der Waals surface area contributed by atoms with Crippen LogP contribution in [0.4, 0.5) is 0 Å². The highest BCUT2D eigenvalue weighted by Crippen LogP contribution is 2.12. The molecule has 5 nitrogen and oxygen atoms in total. The van der Waals surface area contributed by atoms with E-state index in [2.05, 4.69) is 0 Å².